The summed E-state index contributed by atoms with van der Waals surface area (Å²) in [4.78, 5) is 16.6. The van der Waals surface area contributed by atoms with Crippen molar-refractivity contribution >= 4 is 27.5 Å². The van der Waals surface area contributed by atoms with Crippen molar-refractivity contribution in [3.05, 3.63) is 64.1 Å². The van der Waals surface area contributed by atoms with E-state index in [2.05, 4.69) is 26.9 Å². The van der Waals surface area contributed by atoms with Crippen LogP contribution in [0, 0.1) is 11.3 Å². The van der Waals surface area contributed by atoms with Crippen molar-refractivity contribution in [3.8, 4) is 6.07 Å². The Morgan fingerprint density at radius 3 is 2.48 bits per heavy atom. The molecule has 1 saturated heterocycles. The fourth-order valence-corrected chi connectivity index (χ4v) is 3.20. The maximum atomic E-state index is 12.6. The number of carbonyl (C=O) groups excluding carboxylic acids is 1. The maximum absolute atomic E-state index is 12.6. The first kappa shape index (κ1) is 15.6. The second-order valence-electron chi connectivity index (χ2n) is 5.42. The lowest BCUT2D eigenvalue weighted by Crippen LogP contribution is -2.49. The van der Waals surface area contributed by atoms with Gasteiger partial charge in [0.05, 0.1) is 11.3 Å². The minimum atomic E-state index is 0.0551. The van der Waals surface area contributed by atoms with E-state index in [9.17, 15) is 10.1 Å². The molecule has 0 N–H and O–H groups in total. The summed E-state index contributed by atoms with van der Waals surface area (Å²) >= 11 is 3.40. The summed E-state index contributed by atoms with van der Waals surface area (Å²) in [5.74, 6) is 0.0551. The quantitative estimate of drug-likeness (QED) is 0.815. The van der Waals surface area contributed by atoms with Crippen LogP contribution in [0.15, 0.2) is 53.0 Å². The molecule has 5 heteroatoms. The molecule has 0 aliphatic carbocycles. The van der Waals surface area contributed by atoms with Gasteiger partial charge >= 0.3 is 0 Å². The van der Waals surface area contributed by atoms with E-state index in [4.69, 9.17) is 0 Å². The molecular formula is C18H16BrN3O. The number of rotatable bonds is 2. The van der Waals surface area contributed by atoms with E-state index in [-0.39, 0.29) is 5.91 Å². The molecule has 1 aliphatic rings. The van der Waals surface area contributed by atoms with Crippen LogP contribution < -0.4 is 4.90 Å². The Kier molecular flexibility index (Phi) is 4.63. The van der Waals surface area contributed by atoms with E-state index in [1.54, 1.807) is 0 Å². The van der Waals surface area contributed by atoms with Gasteiger partial charge in [-0.25, -0.2) is 0 Å². The average molecular weight is 370 g/mol. The van der Waals surface area contributed by atoms with Crippen LogP contribution in [0.2, 0.25) is 0 Å². The Morgan fingerprint density at radius 1 is 1.04 bits per heavy atom. The van der Waals surface area contributed by atoms with Gasteiger partial charge in [0.2, 0.25) is 0 Å². The van der Waals surface area contributed by atoms with Gasteiger partial charge in [-0.05, 0) is 30.3 Å². The molecule has 0 unspecified atom stereocenters. The van der Waals surface area contributed by atoms with Crippen molar-refractivity contribution < 1.29 is 4.79 Å². The molecule has 4 nitrogen and oxygen atoms in total. The lowest BCUT2D eigenvalue weighted by atomic mass is 10.1. The van der Waals surface area contributed by atoms with Gasteiger partial charge in [0, 0.05) is 36.2 Å². The minimum Gasteiger partial charge on any atom is -0.367 e. The molecule has 0 aromatic heterocycles. The zero-order valence-corrected chi connectivity index (χ0v) is 14.2. The number of halogens is 1. The highest BCUT2D eigenvalue weighted by Crippen LogP contribution is 2.22. The fraction of sp³-hybridized carbons (Fsp3) is 0.222. The summed E-state index contributed by atoms with van der Waals surface area (Å²) in [6.07, 6.45) is 0. The second-order valence-corrected chi connectivity index (χ2v) is 6.33. The molecule has 1 heterocycles. The Balaban J connectivity index is 1.69. The largest absolute Gasteiger partial charge is 0.367 e. The second kappa shape index (κ2) is 6.84. The topological polar surface area (TPSA) is 47.3 Å². The summed E-state index contributed by atoms with van der Waals surface area (Å²) in [6, 6.07) is 17.3. The van der Waals surface area contributed by atoms with Gasteiger partial charge in [-0.15, -0.1) is 0 Å². The van der Waals surface area contributed by atoms with E-state index in [0.717, 1.165) is 23.2 Å². The normalized spacial score (nSPS) is 14.4. The Labute approximate surface area is 144 Å². The molecule has 1 aliphatic heterocycles. The highest BCUT2D eigenvalue weighted by atomic mass is 79.9. The number of para-hydroxylation sites is 1. The Morgan fingerprint density at radius 2 is 1.78 bits per heavy atom. The van der Waals surface area contributed by atoms with Crippen LogP contribution >= 0.6 is 15.9 Å². The van der Waals surface area contributed by atoms with Crippen LogP contribution in [0.4, 0.5) is 5.69 Å². The molecule has 23 heavy (non-hydrogen) atoms. The molecule has 3 rings (SSSR count). The predicted octanol–water partition coefficient (Wildman–Crippen LogP) is 3.28. The maximum Gasteiger partial charge on any atom is 0.254 e. The van der Waals surface area contributed by atoms with E-state index in [0.29, 0.717) is 24.2 Å². The van der Waals surface area contributed by atoms with E-state index in [1.807, 2.05) is 53.4 Å². The molecule has 1 fully saturated rings. The van der Waals surface area contributed by atoms with Crippen molar-refractivity contribution in [1.29, 1.82) is 5.26 Å². The van der Waals surface area contributed by atoms with E-state index < -0.39 is 0 Å². The Hall–Kier alpha value is -2.32. The molecule has 0 spiro atoms. The summed E-state index contributed by atoms with van der Waals surface area (Å²) in [6.45, 7) is 2.78. The zero-order valence-electron chi connectivity index (χ0n) is 12.6. The van der Waals surface area contributed by atoms with Crippen LogP contribution in [-0.4, -0.2) is 37.0 Å². The highest BCUT2D eigenvalue weighted by molar-refractivity contribution is 9.10. The molecule has 0 bridgehead atoms. The monoisotopic (exact) mass is 369 g/mol. The molecule has 2 aromatic carbocycles. The van der Waals surface area contributed by atoms with Crippen molar-refractivity contribution in [2.24, 2.45) is 0 Å². The molecule has 0 saturated carbocycles. The zero-order chi connectivity index (χ0) is 16.2. The number of carbonyl (C=O) groups is 1. The molecule has 0 radical (unpaired) electrons. The standard InChI is InChI=1S/C18H16BrN3O/c19-16-6-3-5-14(12-16)18(23)22-10-8-21(9-11-22)17-7-2-1-4-15(17)13-20/h1-7,12H,8-11H2. The number of hydrogen-bond acceptors (Lipinski definition) is 3. The lowest BCUT2D eigenvalue weighted by molar-refractivity contribution is 0.0746. The summed E-state index contributed by atoms with van der Waals surface area (Å²) in [7, 11) is 0. The summed E-state index contributed by atoms with van der Waals surface area (Å²) in [5, 5.41) is 9.22. The first-order valence-electron chi connectivity index (χ1n) is 7.48. The van der Waals surface area contributed by atoms with Gasteiger partial charge in [0.1, 0.15) is 6.07 Å². The van der Waals surface area contributed by atoms with Crippen LogP contribution in [-0.2, 0) is 0 Å². The van der Waals surface area contributed by atoms with Gasteiger partial charge in [0.25, 0.3) is 5.91 Å². The first-order valence-corrected chi connectivity index (χ1v) is 8.27. The number of nitriles is 1. The number of anilines is 1. The van der Waals surface area contributed by atoms with Crippen LogP contribution in [0.25, 0.3) is 0 Å². The third-order valence-electron chi connectivity index (χ3n) is 4.00. The minimum absolute atomic E-state index is 0.0551. The van der Waals surface area contributed by atoms with Crippen molar-refractivity contribution in [2.75, 3.05) is 31.1 Å². The van der Waals surface area contributed by atoms with Gasteiger partial charge in [0.15, 0.2) is 0 Å². The lowest BCUT2D eigenvalue weighted by Gasteiger charge is -2.36. The van der Waals surface area contributed by atoms with Crippen molar-refractivity contribution in [2.45, 2.75) is 0 Å². The number of piperazine rings is 1. The molecule has 0 atom stereocenters. The predicted molar refractivity (Wildman–Crippen MR) is 93.4 cm³/mol. The SMILES string of the molecule is N#Cc1ccccc1N1CCN(C(=O)c2cccc(Br)c2)CC1. The first-order chi connectivity index (χ1) is 11.2. The van der Waals surface area contributed by atoms with Gasteiger partial charge in [-0.1, -0.05) is 34.1 Å². The van der Waals surface area contributed by atoms with Crippen molar-refractivity contribution in [3.63, 3.8) is 0 Å². The van der Waals surface area contributed by atoms with Gasteiger partial charge in [-0.3, -0.25) is 4.79 Å². The number of hydrogen-bond donors (Lipinski definition) is 0. The van der Waals surface area contributed by atoms with E-state index >= 15 is 0 Å². The number of benzene rings is 2. The smallest absolute Gasteiger partial charge is 0.254 e. The van der Waals surface area contributed by atoms with Crippen LogP contribution in [0.3, 0.4) is 0 Å². The molecule has 2 aromatic rings. The molecule has 1 amide bonds. The molecular weight excluding hydrogens is 354 g/mol. The average Bonchev–Trinajstić information content (AvgIpc) is 2.61. The van der Waals surface area contributed by atoms with Crippen LogP contribution in [0.1, 0.15) is 15.9 Å². The molecule has 116 valence electrons. The third-order valence-corrected chi connectivity index (χ3v) is 4.50. The van der Waals surface area contributed by atoms with Crippen LogP contribution in [0.5, 0.6) is 0 Å². The summed E-state index contributed by atoms with van der Waals surface area (Å²) in [5.41, 5.74) is 2.33. The number of amides is 1. The summed E-state index contributed by atoms with van der Waals surface area (Å²) < 4.78 is 0.907. The number of nitrogens with zero attached hydrogens (tertiary/aromatic N) is 3. The fourth-order valence-electron chi connectivity index (χ4n) is 2.80. The van der Waals surface area contributed by atoms with Gasteiger partial charge in [-0.2, -0.15) is 5.26 Å². The van der Waals surface area contributed by atoms with Crippen molar-refractivity contribution in [1.82, 2.24) is 4.90 Å². The van der Waals surface area contributed by atoms with E-state index in [1.165, 1.54) is 0 Å². The highest BCUT2D eigenvalue weighted by Gasteiger charge is 2.23. The Bertz CT molecular complexity index is 761. The third kappa shape index (κ3) is 3.38. The van der Waals surface area contributed by atoms with Gasteiger partial charge < -0.3 is 9.80 Å².